The molecule has 1 rings (SSSR count). The van der Waals surface area contributed by atoms with Gasteiger partial charge in [-0.2, -0.15) is 0 Å². The third-order valence-corrected chi connectivity index (χ3v) is 2.70. The number of hydrogen-bond acceptors (Lipinski definition) is 4. The van der Waals surface area contributed by atoms with E-state index in [1.807, 2.05) is 0 Å². The van der Waals surface area contributed by atoms with Crippen molar-refractivity contribution in [3.05, 3.63) is 29.6 Å². The lowest BCUT2D eigenvalue weighted by Gasteiger charge is -2.25. The van der Waals surface area contributed by atoms with E-state index in [9.17, 15) is 9.59 Å². The van der Waals surface area contributed by atoms with Gasteiger partial charge < -0.3 is 16.2 Å². The number of amides is 1. The van der Waals surface area contributed by atoms with Crippen LogP contribution in [0, 0.1) is 0 Å². The number of nitrogens with one attached hydrogen (secondary N) is 1. The Kier molecular flexibility index (Phi) is 5.00. The third-order valence-electron chi connectivity index (χ3n) is 2.70. The van der Waals surface area contributed by atoms with Crippen LogP contribution in [-0.2, 0) is 11.3 Å². The molecule has 1 aromatic rings. The monoisotopic (exact) mass is 265 g/mol. The topological polar surface area (TPSA) is 105 Å². The van der Waals surface area contributed by atoms with Crippen molar-refractivity contribution < 1.29 is 14.7 Å². The fraction of sp³-hybridized carbons (Fsp3) is 0.462. The van der Waals surface area contributed by atoms with E-state index in [4.69, 9.17) is 10.8 Å². The first-order chi connectivity index (χ1) is 8.84. The van der Waals surface area contributed by atoms with Gasteiger partial charge in [0, 0.05) is 30.3 Å². The zero-order chi connectivity index (χ0) is 14.5. The largest absolute Gasteiger partial charge is 0.481 e. The molecule has 1 aromatic heterocycles. The molecule has 0 radical (unpaired) electrons. The molecule has 0 spiro atoms. The second-order valence-electron chi connectivity index (χ2n) is 4.97. The minimum Gasteiger partial charge on any atom is -0.481 e. The SMILES string of the molecule is CC(C)(CCC(=O)O)NC(=O)c1ccnc(CN)c1. The molecule has 104 valence electrons. The summed E-state index contributed by atoms with van der Waals surface area (Å²) in [5.74, 6) is -1.14. The maximum atomic E-state index is 12.0. The van der Waals surface area contributed by atoms with E-state index in [0.717, 1.165) is 0 Å². The number of aliphatic carboxylic acids is 1. The van der Waals surface area contributed by atoms with Gasteiger partial charge in [-0.25, -0.2) is 0 Å². The van der Waals surface area contributed by atoms with Gasteiger partial charge in [0.05, 0.1) is 5.69 Å². The predicted octanol–water partition coefficient (Wildman–Crippen LogP) is 0.913. The van der Waals surface area contributed by atoms with Gasteiger partial charge in [0.2, 0.25) is 0 Å². The van der Waals surface area contributed by atoms with Gasteiger partial charge in [0.15, 0.2) is 0 Å². The molecule has 0 aliphatic heterocycles. The molecular weight excluding hydrogens is 246 g/mol. The van der Waals surface area contributed by atoms with Gasteiger partial charge in [0.25, 0.3) is 5.91 Å². The summed E-state index contributed by atoms with van der Waals surface area (Å²) in [7, 11) is 0. The summed E-state index contributed by atoms with van der Waals surface area (Å²) < 4.78 is 0. The highest BCUT2D eigenvalue weighted by Gasteiger charge is 2.22. The summed E-state index contributed by atoms with van der Waals surface area (Å²) in [5, 5.41) is 11.5. The Morgan fingerprint density at radius 1 is 1.47 bits per heavy atom. The average molecular weight is 265 g/mol. The molecule has 0 aliphatic rings. The molecular formula is C13H19N3O3. The Bertz CT molecular complexity index is 472. The summed E-state index contributed by atoms with van der Waals surface area (Å²) in [6, 6.07) is 3.23. The van der Waals surface area contributed by atoms with Crippen LogP contribution < -0.4 is 11.1 Å². The van der Waals surface area contributed by atoms with Gasteiger partial charge in [-0.1, -0.05) is 0 Å². The maximum Gasteiger partial charge on any atom is 0.303 e. The number of carboxylic acids is 1. The number of pyridine rings is 1. The maximum absolute atomic E-state index is 12.0. The van der Waals surface area contributed by atoms with Crippen molar-refractivity contribution in [3.63, 3.8) is 0 Å². The summed E-state index contributed by atoms with van der Waals surface area (Å²) in [5.41, 5.74) is 5.99. The number of rotatable bonds is 6. The van der Waals surface area contributed by atoms with Crippen molar-refractivity contribution in [3.8, 4) is 0 Å². The zero-order valence-corrected chi connectivity index (χ0v) is 11.1. The third kappa shape index (κ3) is 5.05. The Morgan fingerprint density at radius 2 is 2.16 bits per heavy atom. The smallest absolute Gasteiger partial charge is 0.303 e. The van der Waals surface area contributed by atoms with Crippen LogP contribution in [0.1, 0.15) is 42.7 Å². The van der Waals surface area contributed by atoms with E-state index in [-0.39, 0.29) is 18.9 Å². The molecule has 0 aliphatic carbocycles. The summed E-state index contributed by atoms with van der Waals surface area (Å²) >= 11 is 0. The molecule has 6 nitrogen and oxygen atoms in total. The van der Waals surface area contributed by atoms with E-state index in [1.54, 1.807) is 26.0 Å². The number of nitrogens with zero attached hydrogens (tertiary/aromatic N) is 1. The van der Waals surface area contributed by atoms with Gasteiger partial charge in [0.1, 0.15) is 0 Å². The fourth-order valence-corrected chi connectivity index (χ4v) is 1.59. The Labute approximate surface area is 112 Å². The average Bonchev–Trinajstić information content (AvgIpc) is 2.36. The molecule has 0 bridgehead atoms. The van der Waals surface area contributed by atoms with E-state index in [0.29, 0.717) is 17.7 Å². The quantitative estimate of drug-likeness (QED) is 0.709. The second kappa shape index (κ2) is 6.29. The second-order valence-corrected chi connectivity index (χ2v) is 4.97. The van der Waals surface area contributed by atoms with E-state index in [1.165, 1.54) is 6.20 Å². The standard InChI is InChI=1S/C13H19N3O3/c1-13(2,5-3-11(17)18)16-12(19)9-4-6-15-10(7-9)8-14/h4,6-7H,3,5,8,14H2,1-2H3,(H,16,19)(H,17,18). The normalized spacial score (nSPS) is 11.1. The summed E-state index contributed by atoms with van der Waals surface area (Å²) in [6.45, 7) is 3.85. The first kappa shape index (κ1) is 15.1. The lowest BCUT2D eigenvalue weighted by Crippen LogP contribution is -2.43. The Hall–Kier alpha value is -1.95. The van der Waals surface area contributed by atoms with Gasteiger partial charge >= 0.3 is 5.97 Å². The van der Waals surface area contributed by atoms with Gasteiger partial charge in [-0.05, 0) is 32.4 Å². The van der Waals surface area contributed by atoms with Gasteiger partial charge in [-0.3, -0.25) is 14.6 Å². The van der Waals surface area contributed by atoms with Gasteiger partial charge in [-0.15, -0.1) is 0 Å². The molecule has 19 heavy (non-hydrogen) atoms. The van der Waals surface area contributed by atoms with Crippen LogP contribution in [0.25, 0.3) is 0 Å². The number of carbonyl (C=O) groups is 2. The molecule has 0 atom stereocenters. The number of hydrogen-bond donors (Lipinski definition) is 3. The van der Waals surface area contributed by atoms with E-state index >= 15 is 0 Å². The first-order valence-electron chi connectivity index (χ1n) is 6.03. The van der Waals surface area contributed by atoms with Crippen LogP contribution in [-0.4, -0.2) is 27.5 Å². The highest BCUT2D eigenvalue weighted by molar-refractivity contribution is 5.94. The number of carboxylic acid groups (broad SMARTS) is 1. The molecule has 0 aromatic carbocycles. The Balaban J connectivity index is 2.69. The van der Waals surface area contributed by atoms with Crippen LogP contribution >= 0.6 is 0 Å². The summed E-state index contributed by atoms with van der Waals surface area (Å²) in [4.78, 5) is 26.6. The molecule has 6 heteroatoms. The van der Waals surface area contributed by atoms with Crippen LogP contribution in [0.2, 0.25) is 0 Å². The van der Waals surface area contributed by atoms with Crippen molar-refractivity contribution in [2.24, 2.45) is 5.73 Å². The van der Waals surface area contributed by atoms with Crippen LogP contribution in [0.15, 0.2) is 18.3 Å². The lowest BCUT2D eigenvalue weighted by atomic mass is 9.98. The van der Waals surface area contributed by atoms with Crippen LogP contribution in [0.4, 0.5) is 0 Å². The van der Waals surface area contributed by atoms with Crippen molar-refractivity contribution in [2.75, 3.05) is 0 Å². The Morgan fingerprint density at radius 3 is 2.74 bits per heavy atom. The molecule has 4 N–H and O–H groups in total. The van der Waals surface area contributed by atoms with Crippen LogP contribution in [0.5, 0.6) is 0 Å². The van der Waals surface area contributed by atoms with Crippen molar-refractivity contribution in [2.45, 2.75) is 38.8 Å². The molecule has 0 saturated carbocycles. The van der Waals surface area contributed by atoms with E-state index in [2.05, 4.69) is 10.3 Å². The van der Waals surface area contributed by atoms with Crippen LogP contribution in [0.3, 0.4) is 0 Å². The predicted molar refractivity (Wildman–Crippen MR) is 70.5 cm³/mol. The lowest BCUT2D eigenvalue weighted by molar-refractivity contribution is -0.137. The number of aromatic nitrogens is 1. The molecule has 1 heterocycles. The minimum absolute atomic E-state index is 0.0116. The van der Waals surface area contributed by atoms with E-state index < -0.39 is 11.5 Å². The fourth-order valence-electron chi connectivity index (χ4n) is 1.59. The summed E-state index contributed by atoms with van der Waals surface area (Å²) in [6.07, 6.45) is 1.90. The van der Waals surface area contributed by atoms with Crippen molar-refractivity contribution in [1.82, 2.24) is 10.3 Å². The first-order valence-corrected chi connectivity index (χ1v) is 6.03. The highest BCUT2D eigenvalue weighted by Crippen LogP contribution is 2.13. The van der Waals surface area contributed by atoms with Crippen molar-refractivity contribution in [1.29, 1.82) is 0 Å². The number of carbonyl (C=O) groups excluding carboxylic acids is 1. The molecule has 1 amide bonds. The van der Waals surface area contributed by atoms with Crippen molar-refractivity contribution >= 4 is 11.9 Å². The number of nitrogens with two attached hydrogens (primary N) is 1. The molecule has 0 saturated heterocycles. The molecule has 0 fully saturated rings. The highest BCUT2D eigenvalue weighted by atomic mass is 16.4. The zero-order valence-electron chi connectivity index (χ0n) is 11.1. The minimum atomic E-state index is -0.878. The molecule has 0 unspecified atom stereocenters.